The molecule has 0 aliphatic carbocycles. The van der Waals surface area contributed by atoms with Crippen LogP contribution >= 0.6 is 27.3 Å². The minimum Gasteiger partial charge on any atom is -0.206 e. The van der Waals surface area contributed by atoms with Crippen LogP contribution in [0, 0.1) is 13.8 Å². The van der Waals surface area contributed by atoms with Crippen LogP contribution in [-0.2, 0) is 10.0 Å². The first kappa shape index (κ1) is 15.7. The Bertz CT molecular complexity index is 723. The van der Waals surface area contributed by atoms with Crippen LogP contribution in [0.15, 0.2) is 38.3 Å². The van der Waals surface area contributed by atoms with Crippen molar-refractivity contribution >= 4 is 37.3 Å². The lowest BCUT2D eigenvalue weighted by molar-refractivity contribution is 0.568. The van der Waals surface area contributed by atoms with Gasteiger partial charge >= 0.3 is 0 Å². The lowest BCUT2D eigenvalue weighted by Gasteiger charge is -2.16. The molecule has 0 bridgehead atoms. The molecule has 2 aromatic rings. The van der Waals surface area contributed by atoms with Crippen molar-refractivity contribution in [2.45, 2.75) is 31.0 Å². The number of thiophene rings is 1. The molecular formula is C14H16BrNO2S2. The standard InChI is InChI=1S/C14H16BrNO2S2/c1-9-4-5-10(2)12(8-9)11(3)16-20(17,18)14-7-6-13(15)19-14/h4-8,11,16H,1-3H3/t11-/m0/s1. The Morgan fingerprint density at radius 3 is 2.50 bits per heavy atom. The van der Waals surface area contributed by atoms with E-state index >= 15 is 0 Å². The number of aryl methyl sites for hydroxylation is 2. The summed E-state index contributed by atoms with van der Waals surface area (Å²) in [5.41, 5.74) is 3.21. The molecule has 0 saturated heterocycles. The monoisotopic (exact) mass is 373 g/mol. The second-order valence-electron chi connectivity index (χ2n) is 4.76. The lowest BCUT2D eigenvalue weighted by atomic mass is 10.0. The highest BCUT2D eigenvalue weighted by Crippen LogP contribution is 2.28. The van der Waals surface area contributed by atoms with E-state index < -0.39 is 10.0 Å². The number of nitrogens with one attached hydrogen (secondary N) is 1. The van der Waals surface area contributed by atoms with Crippen molar-refractivity contribution in [2.75, 3.05) is 0 Å². The molecule has 0 aliphatic heterocycles. The van der Waals surface area contributed by atoms with Crippen molar-refractivity contribution in [3.8, 4) is 0 Å². The van der Waals surface area contributed by atoms with E-state index in [0.29, 0.717) is 4.21 Å². The minimum absolute atomic E-state index is 0.263. The highest BCUT2D eigenvalue weighted by atomic mass is 79.9. The number of halogens is 1. The normalized spacial score (nSPS) is 13.4. The van der Waals surface area contributed by atoms with Crippen LogP contribution in [0.4, 0.5) is 0 Å². The van der Waals surface area contributed by atoms with Gasteiger partial charge in [0.25, 0.3) is 10.0 Å². The van der Waals surface area contributed by atoms with E-state index in [1.165, 1.54) is 11.3 Å². The Morgan fingerprint density at radius 2 is 1.90 bits per heavy atom. The smallest absolute Gasteiger partial charge is 0.206 e. The molecule has 1 N–H and O–H groups in total. The molecule has 0 fully saturated rings. The summed E-state index contributed by atoms with van der Waals surface area (Å²) < 4.78 is 28.5. The molecule has 0 unspecified atom stereocenters. The van der Waals surface area contributed by atoms with Crippen molar-refractivity contribution in [2.24, 2.45) is 0 Å². The quantitative estimate of drug-likeness (QED) is 0.873. The molecule has 0 radical (unpaired) electrons. The third-order valence-electron chi connectivity index (χ3n) is 3.05. The molecule has 1 aromatic heterocycles. The number of hydrogen-bond donors (Lipinski definition) is 1. The molecule has 108 valence electrons. The van der Waals surface area contributed by atoms with E-state index in [9.17, 15) is 8.42 Å². The summed E-state index contributed by atoms with van der Waals surface area (Å²) in [5.74, 6) is 0. The Labute approximate surface area is 132 Å². The summed E-state index contributed by atoms with van der Waals surface area (Å²) in [6, 6.07) is 9.13. The molecule has 1 aromatic carbocycles. The molecule has 0 saturated carbocycles. The molecule has 0 aliphatic rings. The van der Waals surface area contributed by atoms with Gasteiger partial charge in [-0.05, 0) is 60.0 Å². The van der Waals surface area contributed by atoms with E-state index in [0.717, 1.165) is 20.5 Å². The van der Waals surface area contributed by atoms with Crippen LogP contribution in [-0.4, -0.2) is 8.42 Å². The first-order chi connectivity index (χ1) is 9.29. The van der Waals surface area contributed by atoms with Gasteiger partial charge < -0.3 is 0 Å². The Morgan fingerprint density at radius 1 is 1.20 bits per heavy atom. The third kappa shape index (κ3) is 3.49. The van der Waals surface area contributed by atoms with Crippen LogP contribution in [0.2, 0.25) is 0 Å². The van der Waals surface area contributed by atoms with Crippen LogP contribution in [0.3, 0.4) is 0 Å². The number of hydrogen-bond acceptors (Lipinski definition) is 3. The zero-order valence-corrected chi connectivity index (χ0v) is 14.7. The van der Waals surface area contributed by atoms with E-state index in [2.05, 4.69) is 20.7 Å². The summed E-state index contributed by atoms with van der Waals surface area (Å²) in [6.07, 6.45) is 0. The fourth-order valence-electron chi connectivity index (χ4n) is 2.02. The zero-order valence-electron chi connectivity index (χ0n) is 11.5. The average molecular weight is 374 g/mol. The van der Waals surface area contributed by atoms with E-state index in [4.69, 9.17) is 0 Å². The van der Waals surface area contributed by atoms with Crippen molar-refractivity contribution in [3.63, 3.8) is 0 Å². The second kappa shape index (κ2) is 5.97. The predicted octanol–water partition coefficient (Wildman–Crippen LogP) is 4.17. The summed E-state index contributed by atoms with van der Waals surface area (Å²) >= 11 is 4.49. The van der Waals surface area contributed by atoms with Gasteiger partial charge in [0, 0.05) is 6.04 Å². The van der Waals surface area contributed by atoms with Gasteiger partial charge in [0.1, 0.15) is 4.21 Å². The topological polar surface area (TPSA) is 46.2 Å². The van der Waals surface area contributed by atoms with Gasteiger partial charge in [-0.1, -0.05) is 23.8 Å². The molecular weight excluding hydrogens is 358 g/mol. The summed E-state index contributed by atoms with van der Waals surface area (Å²) in [6.45, 7) is 5.85. The number of sulfonamides is 1. The summed E-state index contributed by atoms with van der Waals surface area (Å²) in [4.78, 5) is 0. The van der Waals surface area contributed by atoms with Crippen LogP contribution < -0.4 is 4.72 Å². The fourth-order valence-corrected chi connectivity index (χ4v) is 5.27. The molecule has 0 spiro atoms. The SMILES string of the molecule is Cc1ccc(C)c([C@H](C)NS(=O)(=O)c2ccc(Br)s2)c1. The van der Waals surface area contributed by atoms with Crippen molar-refractivity contribution in [1.29, 1.82) is 0 Å². The fraction of sp³-hybridized carbons (Fsp3) is 0.286. The van der Waals surface area contributed by atoms with Gasteiger partial charge in [-0.2, -0.15) is 0 Å². The highest BCUT2D eigenvalue weighted by molar-refractivity contribution is 9.11. The largest absolute Gasteiger partial charge is 0.250 e. The maximum Gasteiger partial charge on any atom is 0.250 e. The zero-order chi connectivity index (χ0) is 14.9. The van der Waals surface area contributed by atoms with Crippen LogP contribution in [0.1, 0.15) is 29.7 Å². The Kier molecular flexibility index (Phi) is 4.69. The van der Waals surface area contributed by atoms with Gasteiger partial charge in [0.05, 0.1) is 3.79 Å². The van der Waals surface area contributed by atoms with Gasteiger partial charge in [0.15, 0.2) is 0 Å². The first-order valence-corrected chi connectivity index (χ1v) is 9.23. The third-order valence-corrected chi connectivity index (χ3v) is 6.70. The van der Waals surface area contributed by atoms with E-state index in [1.54, 1.807) is 12.1 Å². The second-order valence-corrected chi connectivity index (χ2v) is 9.17. The van der Waals surface area contributed by atoms with Crippen LogP contribution in [0.25, 0.3) is 0 Å². The van der Waals surface area contributed by atoms with Gasteiger partial charge in [-0.15, -0.1) is 11.3 Å². The van der Waals surface area contributed by atoms with Gasteiger partial charge in [0.2, 0.25) is 0 Å². The molecule has 1 heterocycles. The average Bonchev–Trinajstić information content (AvgIpc) is 2.79. The van der Waals surface area contributed by atoms with Crippen molar-refractivity contribution in [3.05, 3.63) is 50.8 Å². The van der Waals surface area contributed by atoms with E-state index in [1.807, 2.05) is 39.0 Å². The lowest BCUT2D eigenvalue weighted by Crippen LogP contribution is -2.26. The summed E-state index contributed by atoms with van der Waals surface area (Å²) in [5, 5.41) is 0. The first-order valence-electron chi connectivity index (χ1n) is 6.14. The molecule has 3 nitrogen and oxygen atoms in total. The van der Waals surface area contributed by atoms with E-state index in [-0.39, 0.29) is 6.04 Å². The minimum atomic E-state index is -3.48. The summed E-state index contributed by atoms with van der Waals surface area (Å²) in [7, 11) is -3.48. The predicted molar refractivity (Wildman–Crippen MR) is 86.7 cm³/mol. The molecule has 6 heteroatoms. The highest BCUT2D eigenvalue weighted by Gasteiger charge is 2.21. The molecule has 20 heavy (non-hydrogen) atoms. The maximum absolute atomic E-state index is 12.3. The van der Waals surface area contributed by atoms with Crippen LogP contribution in [0.5, 0.6) is 0 Å². The molecule has 2 rings (SSSR count). The maximum atomic E-state index is 12.3. The number of rotatable bonds is 4. The van der Waals surface area contributed by atoms with Gasteiger partial charge in [-0.3, -0.25) is 0 Å². The Hall–Kier alpha value is -0.690. The van der Waals surface area contributed by atoms with Crippen molar-refractivity contribution in [1.82, 2.24) is 4.72 Å². The molecule has 0 amide bonds. The Balaban J connectivity index is 2.27. The number of benzene rings is 1. The van der Waals surface area contributed by atoms with Crippen molar-refractivity contribution < 1.29 is 8.42 Å². The van der Waals surface area contributed by atoms with Gasteiger partial charge in [-0.25, -0.2) is 13.1 Å². The molecule has 1 atom stereocenters.